The lowest BCUT2D eigenvalue weighted by atomic mass is 10.5. The number of amides is 2. The Hall–Kier alpha value is -2.10. The molecular weight excluding hydrogens is 290 g/mol. The molecule has 112 valence electrons. The minimum Gasteiger partial charge on any atom is -0.449 e. The molecule has 1 heterocycles. The quantitative estimate of drug-likeness (QED) is 0.878. The molecule has 10 heteroatoms. The number of rotatable bonds is 4. The zero-order valence-corrected chi connectivity index (χ0v) is 12.1. The van der Waals surface area contributed by atoms with Crippen LogP contribution in [-0.2, 0) is 19.3 Å². The van der Waals surface area contributed by atoms with E-state index in [0.717, 1.165) is 12.5 Å². The van der Waals surface area contributed by atoms with Crippen LogP contribution < -0.4 is 4.90 Å². The third-order valence-corrected chi connectivity index (χ3v) is 3.21. The van der Waals surface area contributed by atoms with Gasteiger partial charge in [0, 0.05) is 6.26 Å². The standard InChI is InChI=1S/C10H15N3O6S/c1-4-18-9(14)13(10(15)19-5-2)8-7(6-11-12-8)20(3,16)17/h6H,4-5H2,1-3H3,(H,11,12). The number of carbonyl (C=O) groups is 2. The van der Waals surface area contributed by atoms with Gasteiger partial charge in [0.05, 0.1) is 19.4 Å². The van der Waals surface area contributed by atoms with Crippen LogP contribution >= 0.6 is 0 Å². The van der Waals surface area contributed by atoms with Gasteiger partial charge < -0.3 is 9.47 Å². The lowest BCUT2D eigenvalue weighted by Gasteiger charge is -2.18. The van der Waals surface area contributed by atoms with Crippen molar-refractivity contribution in [3.63, 3.8) is 0 Å². The van der Waals surface area contributed by atoms with Crippen LogP contribution in [0, 0.1) is 0 Å². The summed E-state index contributed by atoms with van der Waals surface area (Å²) in [7, 11) is -3.68. The molecule has 0 saturated heterocycles. The molecule has 20 heavy (non-hydrogen) atoms. The van der Waals surface area contributed by atoms with Gasteiger partial charge in [-0.3, -0.25) is 5.10 Å². The van der Waals surface area contributed by atoms with Crippen LogP contribution in [0.4, 0.5) is 15.4 Å². The molecule has 1 aromatic heterocycles. The summed E-state index contributed by atoms with van der Waals surface area (Å²) >= 11 is 0. The van der Waals surface area contributed by atoms with Crippen molar-refractivity contribution in [1.29, 1.82) is 0 Å². The molecule has 0 saturated carbocycles. The third-order valence-electron chi connectivity index (χ3n) is 2.11. The highest BCUT2D eigenvalue weighted by Gasteiger charge is 2.32. The molecule has 0 aliphatic carbocycles. The van der Waals surface area contributed by atoms with Gasteiger partial charge in [-0.1, -0.05) is 0 Å². The van der Waals surface area contributed by atoms with Crippen molar-refractivity contribution >= 4 is 27.8 Å². The van der Waals surface area contributed by atoms with Gasteiger partial charge >= 0.3 is 12.2 Å². The second-order valence-corrected chi connectivity index (χ2v) is 5.57. The van der Waals surface area contributed by atoms with Crippen LogP contribution in [-0.4, -0.2) is 50.3 Å². The first-order chi connectivity index (χ1) is 9.32. The topological polar surface area (TPSA) is 119 Å². The van der Waals surface area contributed by atoms with E-state index in [0.29, 0.717) is 4.90 Å². The predicted molar refractivity (Wildman–Crippen MR) is 68.2 cm³/mol. The maximum atomic E-state index is 11.8. The minimum atomic E-state index is -3.68. The molecule has 0 radical (unpaired) electrons. The van der Waals surface area contributed by atoms with Crippen LogP contribution in [0.5, 0.6) is 0 Å². The molecule has 0 aromatic carbocycles. The second kappa shape index (κ2) is 6.37. The highest BCUT2D eigenvalue weighted by Crippen LogP contribution is 2.23. The van der Waals surface area contributed by atoms with Gasteiger partial charge in [0.1, 0.15) is 4.90 Å². The number of nitrogens with one attached hydrogen (secondary N) is 1. The van der Waals surface area contributed by atoms with Crippen molar-refractivity contribution in [1.82, 2.24) is 10.2 Å². The monoisotopic (exact) mass is 305 g/mol. The number of anilines is 1. The molecule has 0 bridgehead atoms. The number of nitrogens with zero attached hydrogens (tertiary/aromatic N) is 2. The van der Waals surface area contributed by atoms with Crippen molar-refractivity contribution in [3.8, 4) is 0 Å². The van der Waals surface area contributed by atoms with E-state index in [4.69, 9.17) is 9.47 Å². The molecule has 0 aliphatic rings. The number of ether oxygens (including phenoxy) is 2. The van der Waals surface area contributed by atoms with Gasteiger partial charge in [0.15, 0.2) is 15.7 Å². The highest BCUT2D eigenvalue weighted by molar-refractivity contribution is 7.90. The number of hydrogen-bond donors (Lipinski definition) is 1. The number of imide groups is 1. The molecule has 0 spiro atoms. The van der Waals surface area contributed by atoms with E-state index in [9.17, 15) is 18.0 Å². The first-order valence-corrected chi connectivity index (χ1v) is 7.59. The maximum Gasteiger partial charge on any atom is 0.425 e. The van der Waals surface area contributed by atoms with Crippen molar-refractivity contribution in [3.05, 3.63) is 6.20 Å². The molecule has 1 N–H and O–H groups in total. The molecular formula is C10H15N3O6S. The van der Waals surface area contributed by atoms with Gasteiger partial charge in [-0.05, 0) is 13.8 Å². The smallest absolute Gasteiger partial charge is 0.425 e. The van der Waals surface area contributed by atoms with Crippen molar-refractivity contribution in [2.75, 3.05) is 24.4 Å². The zero-order valence-electron chi connectivity index (χ0n) is 11.2. The Morgan fingerprint density at radius 1 is 1.25 bits per heavy atom. The Morgan fingerprint density at radius 2 is 1.75 bits per heavy atom. The maximum absolute atomic E-state index is 11.8. The van der Waals surface area contributed by atoms with Gasteiger partial charge in [-0.15, -0.1) is 0 Å². The van der Waals surface area contributed by atoms with Crippen molar-refractivity contribution < 1.29 is 27.5 Å². The first-order valence-electron chi connectivity index (χ1n) is 5.70. The van der Waals surface area contributed by atoms with Gasteiger partial charge in [0.2, 0.25) is 0 Å². The number of sulfone groups is 1. The molecule has 0 aliphatic heterocycles. The van der Waals surface area contributed by atoms with Crippen LogP contribution in [0.2, 0.25) is 0 Å². The van der Waals surface area contributed by atoms with Crippen LogP contribution in [0.3, 0.4) is 0 Å². The normalized spacial score (nSPS) is 10.9. The van der Waals surface area contributed by atoms with E-state index in [1.165, 1.54) is 0 Å². The number of hydrogen-bond acceptors (Lipinski definition) is 7. The van der Waals surface area contributed by atoms with Crippen LogP contribution in [0.15, 0.2) is 11.1 Å². The molecule has 1 rings (SSSR count). The van der Waals surface area contributed by atoms with E-state index in [1.54, 1.807) is 13.8 Å². The summed E-state index contributed by atoms with van der Waals surface area (Å²) in [5.74, 6) is -0.315. The lowest BCUT2D eigenvalue weighted by Crippen LogP contribution is -2.39. The largest absolute Gasteiger partial charge is 0.449 e. The molecule has 0 atom stereocenters. The number of aromatic nitrogens is 2. The summed E-state index contributed by atoms with van der Waals surface area (Å²) in [6.45, 7) is 3.12. The zero-order chi connectivity index (χ0) is 15.3. The summed E-state index contributed by atoms with van der Waals surface area (Å²) in [5.41, 5.74) is 0. The van der Waals surface area contributed by atoms with Crippen molar-refractivity contribution in [2.45, 2.75) is 18.7 Å². The van der Waals surface area contributed by atoms with E-state index >= 15 is 0 Å². The summed E-state index contributed by atoms with van der Waals surface area (Å²) in [5, 5.41) is 5.82. The average molecular weight is 305 g/mol. The molecule has 0 unspecified atom stereocenters. The second-order valence-electron chi connectivity index (χ2n) is 3.59. The Balaban J connectivity index is 3.28. The van der Waals surface area contributed by atoms with E-state index in [1.807, 2.05) is 0 Å². The van der Waals surface area contributed by atoms with Gasteiger partial charge in [0.25, 0.3) is 0 Å². The van der Waals surface area contributed by atoms with Crippen LogP contribution in [0.25, 0.3) is 0 Å². The third kappa shape index (κ3) is 3.47. The Kier molecular flexibility index (Phi) is 5.08. The van der Waals surface area contributed by atoms with Crippen LogP contribution in [0.1, 0.15) is 13.8 Å². The molecule has 9 nitrogen and oxygen atoms in total. The lowest BCUT2D eigenvalue weighted by molar-refractivity contribution is 0.140. The molecule has 1 aromatic rings. The molecule has 0 fully saturated rings. The van der Waals surface area contributed by atoms with E-state index in [-0.39, 0.29) is 23.9 Å². The average Bonchev–Trinajstić information content (AvgIpc) is 2.78. The number of aromatic amines is 1. The fourth-order valence-electron chi connectivity index (χ4n) is 1.33. The summed E-state index contributed by atoms with van der Waals surface area (Å²) in [6, 6.07) is 0. The Morgan fingerprint density at radius 3 is 2.15 bits per heavy atom. The van der Waals surface area contributed by atoms with Gasteiger partial charge in [-0.25, -0.2) is 18.0 Å². The minimum absolute atomic E-state index is 0.0110. The van der Waals surface area contributed by atoms with Crippen molar-refractivity contribution in [2.24, 2.45) is 0 Å². The fourth-order valence-corrected chi connectivity index (χ4v) is 2.07. The Labute approximate surface area is 115 Å². The van der Waals surface area contributed by atoms with E-state index < -0.39 is 22.0 Å². The molecule has 2 amide bonds. The number of H-pyrrole nitrogens is 1. The Bertz CT molecular complexity index is 576. The SMILES string of the molecule is CCOC(=O)N(C(=O)OCC)c1[nH]ncc1S(C)(=O)=O. The summed E-state index contributed by atoms with van der Waals surface area (Å²) < 4.78 is 32.6. The van der Waals surface area contributed by atoms with E-state index in [2.05, 4.69) is 10.2 Å². The highest BCUT2D eigenvalue weighted by atomic mass is 32.2. The van der Waals surface area contributed by atoms with Gasteiger partial charge in [-0.2, -0.15) is 10.00 Å². The summed E-state index contributed by atoms with van der Waals surface area (Å²) in [4.78, 5) is 23.7. The first kappa shape index (κ1) is 16.0. The summed E-state index contributed by atoms with van der Waals surface area (Å²) in [6.07, 6.45) is -0.188. The predicted octanol–water partition coefficient (Wildman–Crippen LogP) is 0.933. The number of carbonyl (C=O) groups excluding carboxylic acids is 2. The fraction of sp³-hybridized carbons (Fsp3) is 0.500.